The minimum absolute atomic E-state index is 0.0618. The van der Waals surface area contributed by atoms with Crippen molar-refractivity contribution in [3.8, 4) is 5.75 Å². The van der Waals surface area contributed by atoms with E-state index in [4.69, 9.17) is 4.74 Å². The third-order valence-electron chi connectivity index (χ3n) is 3.63. The molecule has 0 aliphatic rings. The van der Waals surface area contributed by atoms with Crippen molar-refractivity contribution in [1.82, 2.24) is 9.78 Å². The molecule has 0 amide bonds. The molecule has 1 heterocycles. The van der Waals surface area contributed by atoms with Crippen LogP contribution in [0.4, 0.5) is 0 Å². The van der Waals surface area contributed by atoms with Gasteiger partial charge in [-0.3, -0.25) is 9.48 Å². The van der Waals surface area contributed by atoms with Crippen LogP contribution in [-0.2, 0) is 0 Å². The maximum atomic E-state index is 13.0. The number of nitrogens with zero attached hydrogens (tertiary/aromatic N) is 2. The van der Waals surface area contributed by atoms with Gasteiger partial charge in [0.05, 0.1) is 13.3 Å². The molecule has 112 valence electrons. The molecule has 1 atom stereocenters. The van der Waals surface area contributed by atoms with Crippen molar-refractivity contribution < 1.29 is 9.53 Å². The highest BCUT2D eigenvalue weighted by molar-refractivity contribution is 6.01. The summed E-state index contributed by atoms with van der Waals surface area (Å²) in [5.74, 6) is 0.434. The lowest BCUT2D eigenvalue weighted by atomic mass is 9.90. The molecule has 0 aliphatic carbocycles. The first-order valence-corrected chi connectivity index (χ1v) is 7.30. The monoisotopic (exact) mass is 286 g/mol. The van der Waals surface area contributed by atoms with Crippen LogP contribution in [0.15, 0.2) is 36.5 Å². The third kappa shape index (κ3) is 2.99. The number of ketones is 1. The van der Waals surface area contributed by atoms with E-state index in [1.165, 1.54) is 0 Å². The maximum Gasteiger partial charge on any atom is 0.192 e. The van der Waals surface area contributed by atoms with Gasteiger partial charge in [-0.05, 0) is 25.8 Å². The van der Waals surface area contributed by atoms with Gasteiger partial charge in [-0.25, -0.2) is 0 Å². The Balaban J connectivity index is 2.45. The number of aromatic nitrogens is 2. The summed E-state index contributed by atoms with van der Waals surface area (Å²) in [5.41, 5.74) is 1.59. The van der Waals surface area contributed by atoms with Crippen LogP contribution in [0.5, 0.6) is 5.75 Å². The van der Waals surface area contributed by atoms with Crippen LogP contribution in [-0.4, -0.2) is 22.7 Å². The zero-order valence-corrected chi connectivity index (χ0v) is 13.0. The lowest BCUT2D eigenvalue weighted by Gasteiger charge is -2.17. The molecular weight excluding hydrogens is 264 g/mol. The molecule has 1 unspecified atom stereocenters. The molecule has 1 aromatic heterocycles. The second-order valence-electron chi connectivity index (χ2n) is 5.34. The van der Waals surface area contributed by atoms with E-state index in [-0.39, 0.29) is 17.7 Å². The molecule has 0 saturated heterocycles. The van der Waals surface area contributed by atoms with Crippen molar-refractivity contribution in [2.24, 2.45) is 0 Å². The summed E-state index contributed by atoms with van der Waals surface area (Å²) >= 11 is 0. The fraction of sp³-hybridized carbons (Fsp3) is 0.412. The van der Waals surface area contributed by atoms with Gasteiger partial charge in [-0.15, -0.1) is 0 Å². The van der Waals surface area contributed by atoms with E-state index in [0.29, 0.717) is 11.4 Å². The predicted octanol–water partition coefficient (Wildman–Crippen LogP) is 3.85. The largest absolute Gasteiger partial charge is 0.493 e. The number of carbonyl (C=O) groups is 1. The molecular formula is C17H22N2O2. The molecule has 21 heavy (non-hydrogen) atoms. The molecule has 4 heteroatoms. The highest BCUT2D eigenvalue weighted by atomic mass is 16.5. The molecule has 0 N–H and O–H groups in total. The van der Waals surface area contributed by atoms with Crippen LogP contribution >= 0.6 is 0 Å². The first kappa shape index (κ1) is 15.3. The number of benzene rings is 1. The van der Waals surface area contributed by atoms with E-state index >= 15 is 0 Å². The Labute approximate surface area is 125 Å². The van der Waals surface area contributed by atoms with Gasteiger partial charge in [0.1, 0.15) is 5.69 Å². The summed E-state index contributed by atoms with van der Waals surface area (Å²) in [7, 11) is 1.57. The van der Waals surface area contributed by atoms with Gasteiger partial charge in [-0.1, -0.05) is 37.3 Å². The molecule has 0 fully saturated rings. The Bertz CT molecular complexity index is 603. The summed E-state index contributed by atoms with van der Waals surface area (Å²) < 4.78 is 7.07. The number of Topliss-reactive ketones (excluding diaryl/α,β-unsaturated/α-hetero) is 1. The summed E-state index contributed by atoms with van der Waals surface area (Å²) in [5, 5.41) is 4.29. The van der Waals surface area contributed by atoms with Crippen LogP contribution in [0.1, 0.15) is 55.2 Å². The number of hydrogen-bond donors (Lipinski definition) is 0. The number of methoxy groups -OCH3 is 1. The summed E-state index contributed by atoms with van der Waals surface area (Å²) in [6.07, 6.45) is 2.36. The lowest BCUT2D eigenvalue weighted by Crippen LogP contribution is -2.19. The van der Waals surface area contributed by atoms with Crippen LogP contribution in [0, 0.1) is 0 Å². The van der Waals surface area contributed by atoms with Crippen LogP contribution in [0.25, 0.3) is 0 Å². The molecule has 2 rings (SSSR count). The number of hydrogen-bond acceptors (Lipinski definition) is 3. The Morgan fingerprint density at radius 3 is 2.48 bits per heavy atom. The number of ether oxygens (including phenoxy) is 1. The van der Waals surface area contributed by atoms with Gasteiger partial charge in [0, 0.05) is 12.0 Å². The molecule has 0 saturated carbocycles. The van der Waals surface area contributed by atoms with Crippen LogP contribution in [0.2, 0.25) is 0 Å². The van der Waals surface area contributed by atoms with Gasteiger partial charge < -0.3 is 4.74 Å². The standard InChI is InChI=1S/C17H22N2O2/c1-5-14(13-9-7-6-8-10-13)17(20)16-15(21-4)11-18-19(16)12(2)3/h6-12,14H,5H2,1-4H3. The summed E-state index contributed by atoms with van der Waals surface area (Å²) in [6.45, 7) is 6.04. The number of carbonyl (C=O) groups excluding carboxylic acids is 1. The SMILES string of the molecule is CCC(C(=O)c1c(OC)cnn1C(C)C)c1ccccc1. The van der Waals surface area contributed by atoms with Crippen molar-refractivity contribution in [2.45, 2.75) is 39.2 Å². The second kappa shape index (κ2) is 6.57. The number of rotatable bonds is 6. The van der Waals surface area contributed by atoms with E-state index in [2.05, 4.69) is 5.10 Å². The summed E-state index contributed by atoms with van der Waals surface area (Å²) in [4.78, 5) is 13.0. The Morgan fingerprint density at radius 1 is 1.29 bits per heavy atom. The summed E-state index contributed by atoms with van der Waals surface area (Å²) in [6, 6.07) is 9.98. The van der Waals surface area contributed by atoms with E-state index in [9.17, 15) is 4.79 Å². The normalized spacial score (nSPS) is 12.4. The average Bonchev–Trinajstić information content (AvgIpc) is 2.93. The zero-order chi connectivity index (χ0) is 15.4. The van der Waals surface area contributed by atoms with E-state index in [1.54, 1.807) is 18.0 Å². The van der Waals surface area contributed by atoms with Crippen molar-refractivity contribution >= 4 is 5.78 Å². The first-order chi connectivity index (χ1) is 10.1. The van der Waals surface area contributed by atoms with E-state index in [1.807, 2.05) is 51.1 Å². The Kier molecular flexibility index (Phi) is 4.78. The highest BCUT2D eigenvalue weighted by Gasteiger charge is 2.28. The van der Waals surface area contributed by atoms with Gasteiger partial charge >= 0.3 is 0 Å². The minimum atomic E-state index is -0.172. The van der Waals surface area contributed by atoms with E-state index < -0.39 is 0 Å². The van der Waals surface area contributed by atoms with Gasteiger partial charge in [0.15, 0.2) is 11.5 Å². The average molecular weight is 286 g/mol. The lowest BCUT2D eigenvalue weighted by molar-refractivity contribution is 0.0941. The fourth-order valence-corrected chi connectivity index (χ4v) is 2.54. The Morgan fingerprint density at radius 2 is 1.95 bits per heavy atom. The van der Waals surface area contributed by atoms with Crippen molar-refractivity contribution in [1.29, 1.82) is 0 Å². The molecule has 0 bridgehead atoms. The fourth-order valence-electron chi connectivity index (χ4n) is 2.54. The molecule has 2 aromatic rings. The van der Waals surface area contributed by atoms with Gasteiger partial charge in [-0.2, -0.15) is 5.10 Å². The van der Waals surface area contributed by atoms with Gasteiger partial charge in [0.2, 0.25) is 0 Å². The highest BCUT2D eigenvalue weighted by Crippen LogP contribution is 2.30. The van der Waals surface area contributed by atoms with Crippen molar-refractivity contribution in [2.75, 3.05) is 7.11 Å². The van der Waals surface area contributed by atoms with Crippen LogP contribution < -0.4 is 4.74 Å². The molecule has 0 spiro atoms. The van der Waals surface area contributed by atoms with Crippen molar-refractivity contribution in [3.05, 3.63) is 47.8 Å². The Hall–Kier alpha value is -2.10. The second-order valence-corrected chi connectivity index (χ2v) is 5.34. The quantitative estimate of drug-likeness (QED) is 0.758. The third-order valence-corrected chi connectivity index (χ3v) is 3.63. The van der Waals surface area contributed by atoms with Crippen molar-refractivity contribution in [3.63, 3.8) is 0 Å². The molecule has 1 aromatic carbocycles. The van der Waals surface area contributed by atoms with E-state index in [0.717, 1.165) is 12.0 Å². The van der Waals surface area contributed by atoms with Crippen LogP contribution in [0.3, 0.4) is 0 Å². The molecule has 0 radical (unpaired) electrons. The minimum Gasteiger partial charge on any atom is -0.493 e. The maximum absolute atomic E-state index is 13.0. The molecule has 4 nitrogen and oxygen atoms in total. The molecule has 0 aliphatic heterocycles. The first-order valence-electron chi connectivity index (χ1n) is 7.30. The van der Waals surface area contributed by atoms with Gasteiger partial charge in [0.25, 0.3) is 0 Å². The zero-order valence-electron chi connectivity index (χ0n) is 13.0. The predicted molar refractivity (Wildman–Crippen MR) is 83.0 cm³/mol. The topological polar surface area (TPSA) is 44.1 Å². The smallest absolute Gasteiger partial charge is 0.192 e.